The molecule has 1 N–H and O–H groups in total. The maximum atomic E-state index is 13.1. The van der Waals surface area contributed by atoms with Gasteiger partial charge in [-0.1, -0.05) is 12.1 Å². The van der Waals surface area contributed by atoms with Crippen molar-refractivity contribution in [3.8, 4) is 17.1 Å². The number of nitrogens with zero attached hydrogens (tertiary/aromatic N) is 2. The summed E-state index contributed by atoms with van der Waals surface area (Å²) >= 11 is 0. The molecule has 0 aliphatic rings. The molecule has 1 aromatic heterocycles. The van der Waals surface area contributed by atoms with Gasteiger partial charge in [-0.05, 0) is 31.2 Å². The van der Waals surface area contributed by atoms with Crippen LogP contribution in [0, 0.1) is 5.82 Å². The Labute approximate surface area is 109 Å². The van der Waals surface area contributed by atoms with Gasteiger partial charge in [0.15, 0.2) is 0 Å². The molecule has 0 unspecified atom stereocenters. The minimum Gasteiger partial charge on any atom is -0.507 e. The number of halogens is 1. The number of fused-ring (bicyclic) bond motifs is 1. The van der Waals surface area contributed by atoms with Gasteiger partial charge in [0.05, 0.1) is 16.6 Å². The maximum Gasteiger partial charge on any atom is 0.144 e. The van der Waals surface area contributed by atoms with Gasteiger partial charge < -0.3 is 9.67 Å². The van der Waals surface area contributed by atoms with E-state index in [-0.39, 0.29) is 5.75 Å². The summed E-state index contributed by atoms with van der Waals surface area (Å²) in [5.74, 6) is 0.103. The van der Waals surface area contributed by atoms with Crippen LogP contribution < -0.4 is 0 Å². The van der Waals surface area contributed by atoms with E-state index in [9.17, 15) is 9.50 Å². The lowest BCUT2D eigenvalue weighted by molar-refractivity contribution is 0.470. The summed E-state index contributed by atoms with van der Waals surface area (Å²) in [6, 6.07) is 11.8. The second kappa shape index (κ2) is 4.39. The van der Waals surface area contributed by atoms with E-state index in [4.69, 9.17) is 0 Å². The normalized spacial score (nSPS) is 11.1. The number of hydrogen-bond donors (Lipinski definition) is 1. The summed E-state index contributed by atoms with van der Waals surface area (Å²) in [6.45, 7) is 2.74. The molecule has 0 bridgehead atoms. The Bertz CT molecular complexity index is 749. The van der Waals surface area contributed by atoms with Crippen LogP contribution >= 0.6 is 0 Å². The third kappa shape index (κ3) is 1.85. The number of rotatable bonds is 2. The van der Waals surface area contributed by atoms with Crippen molar-refractivity contribution in [2.45, 2.75) is 13.5 Å². The first-order valence-corrected chi connectivity index (χ1v) is 6.15. The van der Waals surface area contributed by atoms with Crippen LogP contribution in [0.3, 0.4) is 0 Å². The van der Waals surface area contributed by atoms with Crippen molar-refractivity contribution in [1.29, 1.82) is 0 Å². The number of benzene rings is 2. The van der Waals surface area contributed by atoms with Gasteiger partial charge in [-0.25, -0.2) is 9.37 Å². The second-order valence-corrected chi connectivity index (χ2v) is 4.33. The minimum absolute atomic E-state index is 0.0926. The molecule has 1 heterocycles. The van der Waals surface area contributed by atoms with E-state index in [1.54, 1.807) is 6.07 Å². The number of aromatic hydroxyl groups is 1. The lowest BCUT2D eigenvalue weighted by Gasteiger charge is -2.07. The van der Waals surface area contributed by atoms with Crippen molar-refractivity contribution in [3.05, 3.63) is 48.3 Å². The Balaban J connectivity index is 2.30. The van der Waals surface area contributed by atoms with Gasteiger partial charge in [0.2, 0.25) is 0 Å². The van der Waals surface area contributed by atoms with Crippen LogP contribution in [-0.2, 0) is 6.54 Å². The molecular formula is C15H13FN2O. The molecule has 0 aliphatic heterocycles. The average Bonchev–Trinajstić information content (AvgIpc) is 2.76. The fraction of sp³-hybridized carbons (Fsp3) is 0.133. The van der Waals surface area contributed by atoms with Crippen molar-refractivity contribution in [2.24, 2.45) is 0 Å². The van der Waals surface area contributed by atoms with Crippen LogP contribution in [-0.4, -0.2) is 14.7 Å². The molecule has 2 aromatic carbocycles. The molecule has 96 valence electrons. The first-order chi connectivity index (χ1) is 9.20. The molecule has 3 nitrogen and oxygen atoms in total. The first-order valence-electron chi connectivity index (χ1n) is 6.15. The Morgan fingerprint density at radius 2 is 2.00 bits per heavy atom. The summed E-state index contributed by atoms with van der Waals surface area (Å²) in [7, 11) is 0. The number of aryl methyl sites for hydroxylation is 1. The second-order valence-electron chi connectivity index (χ2n) is 4.33. The third-order valence-corrected chi connectivity index (χ3v) is 3.17. The molecule has 4 heteroatoms. The predicted molar refractivity (Wildman–Crippen MR) is 72.5 cm³/mol. The van der Waals surface area contributed by atoms with E-state index in [2.05, 4.69) is 4.98 Å². The highest BCUT2D eigenvalue weighted by Gasteiger charge is 2.14. The highest BCUT2D eigenvalue weighted by molar-refractivity contribution is 5.81. The number of phenolic OH excluding ortho intramolecular Hbond substituents is 1. The zero-order valence-corrected chi connectivity index (χ0v) is 10.5. The molecule has 0 radical (unpaired) electrons. The Morgan fingerprint density at radius 3 is 2.74 bits per heavy atom. The lowest BCUT2D eigenvalue weighted by atomic mass is 10.2. The Hall–Kier alpha value is -2.36. The van der Waals surface area contributed by atoms with Crippen LogP contribution in [0.4, 0.5) is 4.39 Å². The largest absolute Gasteiger partial charge is 0.507 e. The summed E-state index contributed by atoms with van der Waals surface area (Å²) < 4.78 is 15.1. The molecule has 0 atom stereocenters. The number of phenols is 1. The van der Waals surface area contributed by atoms with Gasteiger partial charge in [0.1, 0.15) is 17.4 Å². The topological polar surface area (TPSA) is 38.0 Å². The first kappa shape index (κ1) is 11.7. The zero-order chi connectivity index (χ0) is 13.4. The van der Waals surface area contributed by atoms with Gasteiger partial charge in [0.25, 0.3) is 0 Å². The molecule has 3 aromatic rings. The van der Waals surface area contributed by atoms with Gasteiger partial charge in [0, 0.05) is 12.6 Å². The molecule has 0 saturated heterocycles. The third-order valence-electron chi connectivity index (χ3n) is 3.17. The standard InChI is InChI=1S/C15H13FN2O/c1-2-18-13-6-4-3-5-12(13)17-15(18)11-8-7-10(16)9-14(11)19/h3-9,19H,2H2,1H3. The van der Waals surface area contributed by atoms with Crippen LogP contribution in [0.25, 0.3) is 22.4 Å². The summed E-state index contributed by atoms with van der Waals surface area (Å²) in [4.78, 5) is 4.52. The van der Waals surface area contributed by atoms with E-state index < -0.39 is 5.82 Å². The molecule has 0 fully saturated rings. The number of aromatic nitrogens is 2. The summed E-state index contributed by atoms with van der Waals surface area (Å²) in [5, 5.41) is 9.90. The SMILES string of the molecule is CCn1c(-c2ccc(F)cc2O)nc2ccccc21. The van der Waals surface area contributed by atoms with Crippen LogP contribution in [0.1, 0.15) is 6.92 Å². The molecular weight excluding hydrogens is 243 g/mol. The van der Waals surface area contributed by atoms with Crippen molar-refractivity contribution >= 4 is 11.0 Å². The van der Waals surface area contributed by atoms with Crippen LogP contribution in [0.15, 0.2) is 42.5 Å². The number of imidazole rings is 1. The van der Waals surface area contributed by atoms with Crippen molar-refractivity contribution in [2.75, 3.05) is 0 Å². The van der Waals surface area contributed by atoms with Crippen molar-refractivity contribution < 1.29 is 9.50 Å². The van der Waals surface area contributed by atoms with E-state index in [0.29, 0.717) is 11.4 Å². The molecule has 0 saturated carbocycles. The van der Waals surface area contributed by atoms with Gasteiger partial charge in [-0.15, -0.1) is 0 Å². The van der Waals surface area contributed by atoms with E-state index in [1.807, 2.05) is 35.8 Å². The van der Waals surface area contributed by atoms with Crippen molar-refractivity contribution in [3.63, 3.8) is 0 Å². The number of para-hydroxylation sites is 2. The predicted octanol–water partition coefficient (Wildman–Crippen LogP) is 3.57. The Morgan fingerprint density at radius 1 is 1.21 bits per heavy atom. The smallest absolute Gasteiger partial charge is 0.144 e. The molecule has 3 rings (SSSR count). The fourth-order valence-electron chi connectivity index (χ4n) is 2.30. The fourth-order valence-corrected chi connectivity index (χ4v) is 2.30. The van der Waals surface area contributed by atoms with Crippen LogP contribution in [0.5, 0.6) is 5.75 Å². The molecule has 19 heavy (non-hydrogen) atoms. The van der Waals surface area contributed by atoms with E-state index >= 15 is 0 Å². The van der Waals surface area contributed by atoms with Crippen molar-refractivity contribution in [1.82, 2.24) is 9.55 Å². The zero-order valence-electron chi connectivity index (χ0n) is 10.5. The van der Waals surface area contributed by atoms with Gasteiger partial charge in [-0.2, -0.15) is 0 Å². The van der Waals surface area contributed by atoms with Gasteiger partial charge >= 0.3 is 0 Å². The highest BCUT2D eigenvalue weighted by Crippen LogP contribution is 2.31. The minimum atomic E-state index is -0.458. The summed E-state index contributed by atoms with van der Waals surface area (Å²) in [5.41, 5.74) is 2.41. The monoisotopic (exact) mass is 256 g/mol. The highest BCUT2D eigenvalue weighted by atomic mass is 19.1. The lowest BCUT2D eigenvalue weighted by Crippen LogP contribution is -1.97. The Kier molecular flexibility index (Phi) is 2.71. The average molecular weight is 256 g/mol. The van der Waals surface area contributed by atoms with Gasteiger partial charge in [-0.3, -0.25) is 0 Å². The summed E-state index contributed by atoms with van der Waals surface area (Å²) in [6.07, 6.45) is 0. The van der Waals surface area contributed by atoms with Crippen LogP contribution in [0.2, 0.25) is 0 Å². The molecule has 0 spiro atoms. The quantitative estimate of drug-likeness (QED) is 0.761. The van der Waals surface area contributed by atoms with E-state index in [0.717, 1.165) is 23.6 Å². The van der Waals surface area contributed by atoms with E-state index in [1.165, 1.54) is 6.07 Å². The maximum absolute atomic E-state index is 13.1. The molecule has 0 amide bonds. The molecule has 0 aliphatic carbocycles. The number of hydrogen-bond acceptors (Lipinski definition) is 2.